The predicted molar refractivity (Wildman–Crippen MR) is 162 cm³/mol. The van der Waals surface area contributed by atoms with E-state index in [-0.39, 0.29) is 17.2 Å². The number of nitro groups is 1. The number of nitrogens with zero attached hydrogens (tertiary/aromatic N) is 4. The number of nitrogens with one attached hydrogen (secondary N) is 1. The van der Waals surface area contributed by atoms with Gasteiger partial charge in [-0.05, 0) is 77.3 Å². The van der Waals surface area contributed by atoms with Gasteiger partial charge in [-0.2, -0.15) is 0 Å². The van der Waals surface area contributed by atoms with Crippen LogP contribution < -0.4 is 5.32 Å². The van der Waals surface area contributed by atoms with Gasteiger partial charge in [0.15, 0.2) is 5.78 Å². The van der Waals surface area contributed by atoms with Crippen LogP contribution in [-0.2, 0) is 17.6 Å². The highest BCUT2D eigenvalue weighted by atomic mass is 16.6. The smallest absolute Gasteiger partial charge is 0.270 e. The molecule has 3 saturated carbocycles. The van der Waals surface area contributed by atoms with Crippen LogP contribution in [0.15, 0.2) is 85.2 Å². The Kier molecular flexibility index (Phi) is 7.36. The molecule has 7 rings (SSSR count). The molecule has 4 atom stereocenters. The van der Waals surface area contributed by atoms with Gasteiger partial charge in [-0.3, -0.25) is 34.6 Å². The summed E-state index contributed by atoms with van der Waals surface area (Å²) in [5.41, 5.74) is 1.21. The number of allylic oxidation sites excluding steroid dienone is 1. The zero-order chi connectivity index (χ0) is 30.4. The molecule has 4 fully saturated rings. The second-order valence-electron chi connectivity index (χ2n) is 13.1. The Morgan fingerprint density at radius 3 is 2.23 bits per heavy atom. The number of carbonyl (C=O) groups excluding carboxylic acids is 2. The van der Waals surface area contributed by atoms with Crippen LogP contribution in [0.5, 0.6) is 0 Å². The number of fused-ring (bicyclic) bond motifs is 2. The molecule has 43 heavy (non-hydrogen) atoms. The quantitative estimate of drug-likeness (QED) is 0.156. The zero-order valence-electron chi connectivity index (χ0n) is 24.8. The Hall–Kier alpha value is -4.40. The van der Waals surface area contributed by atoms with E-state index in [1.807, 2.05) is 24.3 Å². The molecule has 1 aromatic carbocycles. The molecule has 1 amide bonds. The van der Waals surface area contributed by atoms with Crippen molar-refractivity contribution >= 4 is 17.4 Å². The lowest BCUT2D eigenvalue weighted by atomic mass is 9.43. The van der Waals surface area contributed by atoms with Gasteiger partial charge in [-0.1, -0.05) is 32.9 Å². The lowest BCUT2D eigenvalue weighted by Crippen LogP contribution is -2.57. The molecule has 0 radical (unpaired) electrons. The van der Waals surface area contributed by atoms with E-state index in [2.05, 4.69) is 36.1 Å². The SMILES string of the molecule is CC1C(CN2C(=O)C(Cc3ccncc3)(Cc3ccncc3)NC2=CC(=O)c2cccc([N+](=O)[O-])c2)CC2CC1C2(C)C. The molecule has 1 saturated heterocycles. The van der Waals surface area contributed by atoms with Crippen molar-refractivity contribution in [3.05, 3.63) is 112 Å². The van der Waals surface area contributed by atoms with Crippen LogP contribution in [0.3, 0.4) is 0 Å². The van der Waals surface area contributed by atoms with E-state index in [1.165, 1.54) is 30.7 Å². The van der Waals surface area contributed by atoms with E-state index in [4.69, 9.17) is 0 Å². The van der Waals surface area contributed by atoms with E-state index < -0.39 is 16.2 Å². The second-order valence-corrected chi connectivity index (χ2v) is 13.1. The molecular weight excluding hydrogens is 542 g/mol. The van der Waals surface area contributed by atoms with Gasteiger partial charge >= 0.3 is 0 Å². The largest absolute Gasteiger partial charge is 0.357 e. The minimum atomic E-state index is -1.04. The Labute approximate surface area is 251 Å². The Bertz CT molecular complexity index is 1530. The maximum atomic E-state index is 14.7. The van der Waals surface area contributed by atoms with Crippen molar-refractivity contribution in [2.24, 2.45) is 29.1 Å². The lowest BCUT2D eigenvalue weighted by Gasteiger charge is -2.62. The fourth-order valence-corrected chi connectivity index (χ4v) is 7.74. The molecule has 3 aliphatic carbocycles. The molecule has 2 bridgehead atoms. The third kappa shape index (κ3) is 5.32. The molecule has 1 aliphatic heterocycles. The van der Waals surface area contributed by atoms with Crippen molar-refractivity contribution < 1.29 is 14.5 Å². The number of carbonyl (C=O) groups is 2. The summed E-state index contributed by atoms with van der Waals surface area (Å²) in [6.07, 6.45) is 11.4. The van der Waals surface area contributed by atoms with E-state index in [0.717, 1.165) is 17.5 Å². The van der Waals surface area contributed by atoms with Crippen LogP contribution in [0.2, 0.25) is 0 Å². The minimum Gasteiger partial charge on any atom is -0.357 e. The third-order valence-corrected chi connectivity index (χ3v) is 10.4. The van der Waals surface area contributed by atoms with Gasteiger partial charge < -0.3 is 5.32 Å². The topological polar surface area (TPSA) is 118 Å². The molecule has 3 heterocycles. The molecule has 2 aromatic heterocycles. The number of non-ortho nitro benzene ring substituents is 1. The van der Waals surface area contributed by atoms with Gasteiger partial charge in [0.1, 0.15) is 11.4 Å². The number of pyridine rings is 2. The summed E-state index contributed by atoms with van der Waals surface area (Å²) in [6.45, 7) is 7.54. The molecule has 9 nitrogen and oxygen atoms in total. The number of ketones is 1. The predicted octanol–water partition coefficient (Wildman–Crippen LogP) is 5.38. The first-order valence-corrected chi connectivity index (χ1v) is 15.0. The van der Waals surface area contributed by atoms with Crippen molar-refractivity contribution in [2.45, 2.75) is 52.0 Å². The first-order chi connectivity index (χ1) is 20.6. The number of nitro benzene ring substituents is 1. The van der Waals surface area contributed by atoms with Crippen molar-refractivity contribution in [2.75, 3.05) is 6.54 Å². The van der Waals surface area contributed by atoms with Gasteiger partial charge in [-0.25, -0.2) is 0 Å². The molecule has 1 N–H and O–H groups in total. The summed E-state index contributed by atoms with van der Waals surface area (Å²) in [6, 6.07) is 13.3. The van der Waals surface area contributed by atoms with Crippen LogP contribution in [0.4, 0.5) is 5.69 Å². The van der Waals surface area contributed by atoms with E-state index in [0.29, 0.717) is 54.3 Å². The first kappa shape index (κ1) is 28.7. The maximum absolute atomic E-state index is 14.7. The average Bonchev–Trinajstić information content (AvgIpc) is 3.23. The minimum absolute atomic E-state index is 0.0788. The van der Waals surface area contributed by atoms with Crippen LogP contribution in [-0.4, -0.2) is 43.6 Å². The summed E-state index contributed by atoms with van der Waals surface area (Å²) in [7, 11) is 0. The molecule has 0 spiro atoms. The van der Waals surface area contributed by atoms with Crippen LogP contribution >= 0.6 is 0 Å². The normalized spacial score (nSPS) is 26.1. The van der Waals surface area contributed by atoms with Crippen LogP contribution in [0.1, 0.15) is 55.1 Å². The molecule has 4 unspecified atom stereocenters. The summed E-state index contributed by atoms with van der Waals surface area (Å²) < 4.78 is 0. The van der Waals surface area contributed by atoms with Gasteiger partial charge in [0.05, 0.1) is 4.92 Å². The zero-order valence-corrected chi connectivity index (χ0v) is 24.8. The van der Waals surface area contributed by atoms with Crippen LogP contribution in [0.25, 0.3) is 0 Å². The second kappa shape index (κ2) is 11.0. The van der Waals surface area contributed by atoms with Crippen LogP contribution in [0, 0.1) is 39.2 Å². The van der Waals surface area contributed by atoms with E-state index >= 15 is 0 Å². The number of aromatic nitrogens is 2. The number of benzene rings is 1. The number of rotatable bonds is 9. The Morgan fingerprint density at radius 1 is 1.05 bits per heavy atom. The fraction of sp³-hybridized carbons (Fsp3) is 0.412. The van der Waals surface area contributed by atoms with Gasteiger partial charge in [-0.15, -0.1) is 0 Å². The maximum Gasteiger partial charge on any atom is 0.270 e. The average molecular weight is 580 g/mol. The van der Waals surface area contributed by atoms with Crippen molar-refractivity contribution in [1.82, 2.24) is 20.2 Å². The highest BCUT2D eigenvalue weighted by molar-refractivity contribution is 6.06. The van der Waals surface area contributed by atoms with Crippen molar-refractivity contribution in [3.8, 4) is 0 Å². The van der Waals surface area contributed by atoms with Crippen molar-refractivity contribution in [3.63, 3.8) is 0 Å². The molecule has 9 heteroatoms. The summed E-state index contributed by atoms with van der Waals surface area (Å²) in [4.78, 5) is 49.2. The number of hydrogen-bond donors (Lipinski definition) is 1. The Morgan fingerprint density at radius 2 is 1.67 bits per heavy atom. The summed E-state index contributed by atoms with van der Waals surface area (Å²) >= 11 is 0. The standard InChI is InChI=1S/C34H37N5O4/c1-22-26(15-27-17-29(22)33(27,2)3)21-38-31(18-30(40)25-5-4-6-28(16-25)39(42)43)37-34(32(38)41,19-23-7-11-35-12-8-23)20-24-9-13-36-14-10-24/h4-14,16,18,22,26-27,29,37H,15,17,19-21H2,1-3H3. The highest BCUT2D eigenvalue weighted by Gasteiger charge is 2.57. The van der Waals surface area contributed by atoms with E-state index in [1.54, 1.807) is 35.8 Å². The molecule has 3 aromatic rings. The van der Waals surface area contributed by atoms with Gasteiger partial charge in [0.25, 0.3) is 11.6 Å². The van der Waals surface area contributed by atoms with E-state index in [9.17, 15) is 19.7 Å². The van der Waals surface area contributed by atoms with Gasteiger partial charge in [0, 0.05) is 67.9 Å². The molecule has 4 aliphatic rings. The third-order valence-electron chi connectivity index (χ3n) is 10.4. The van der Waals surface area contributed by atoms with Crippen molar-refractivity contribution in [1.29, 1.82) is 0 Å². The Balaban J connectivity index is 1.39. The summed E-state index contributed by atoms with van der Waals surface area (Å²) in [5.74, 6) is 1.95. The lowest BCUT2D eigenvalue weighted by molar-refractivity contribution is -0.384. The molecular formula is C34H37N5O4. The first-order valence-electron chi connectivity index (χ1n) is 15.0. The number of hydrogen-bond acceptors (Lipinski definition) is 7. The fourth-order valence-electron chi connectivity index (χ4n) is 7.74. The summed E-state index contributed by atoms with van der Waals surface area (Å²) in [5, 5.41) is 14.9. The molecule has 222 valence electrons. The highest BCUT2D eigenvalue weighted by Crippen LogP contribution is 2.63. The monoisotopic (exact) mass is 579 g/mol. The van der Waals surface area contributed by atoms with Gasteiger partial charge in [0.2, 0.25) is 0 Å². The number of amides is 1.